The first-order chi connectivity index (χ1) is 8.40. The van der Waals surface area contributed by atoms with E-state index in [0.717, 1.165) is 12.1 Å². The van der Waals surface area contributed by atoms with Crippen molar-refractivity contribution in [2.75, 3.05) is 18.0 Å². The predicted molar refractivity (Wildman–Crippen MR) is 64.1 cm³/mol. The van der Waals surface area contributed by atoms with Crippen LogP contribution in [0.3, 0.4) is 0 Å². The fourth-order valence-corrected chi connectivity index (χ4v) is 2.09. The van der Waals surface area contributed by atoms with Gasteiger partial charge in [0.05, 0.1) is 15.3 Å². The maximum absolute atomic E-state index is 13.4. The lowest BCUT2D eigenvalue weighted by Crippen LogP contribution is -2.50. The van der Waals surface area contributed by atoms with E-state index in [1.54, 1.807) is 0 Å². The summed E-state index contributed by atoms with van der Waals surface area (Å²) in [6, 6.07) is 2.12. The van der Waals surface area contributed by atoms with Crippen LogP contribution in [0.25, 0.3) is 0 Å². The van der Waals surface area contributed by atoms with Crippen LogP contribution in [0.1, 0.15) is 0 Å². The van der Waals surface area contributed by atoms with Crippen molar-refractivity contribution >= 4 is 33.3 Å². The predicted octanol–water partition coefficient (Wildman–Crippen LogP) is 2.02. The number of rotatable bonds is 3. The minimum atomic E-state index is -0.952. The minimum Gasteiger partial charge on any atom is -0.481 e. The summed E-state index contributed by atoms with van der Waals surface area (Å²) in [6.45, 7) is 0.300. The monoisotopic (exact) mass is 318 g/mol. The van der Waals surface area contributed by atoms with Crippen molar-refractivity contribution in [3.8, 4) is 0 Å². The highest BCUT2D eigenvalue weighted by molar-refractivity contribution is 9.10. The molecule has 0 bridgehead atoms. The Morgan fingerprint density at radius 1 is 1.56 bits per heavy atom. The number of halogens is 2. The van der Waals surface area contributed by atoms with Gasteiger partial charge in [-0.2, -0.15) is 0 Å². The van der Waals surface area contributed by atoms with E-state index in [2.05, 4.69) is 15.9 Å². The Morgan fingerprint density at radius 3 is 2.67 bits per heavy atom. The maximum Gasteiger partial charge on any atom is 0.310 e. The molecule has 0 aromatic heterocycles. The zero-order chi connectivity index (χ0) is 13.4. The van der Waals surface area contributed by atoms with Crippen LogP contribution in [0, 0.1) is 21.8 Å². The number of nitro groups is 1. The summed E-state index contributed by atoms with van der Waals surface area (Å²) in [4.78, 5) is 22.4. The Balaban J connectivity index is 2.31. The van der Waals surface area contributed by atoms with E-state index in [4.69, 9.17) is 5.11 Å². The summed E-state index contributed by atoms with van der Waals surface area (Å²) >= 11 is 2.88. The van der Waals surface area contributed by atoms with Gasteiger partial charge in [-0.1, -0.05) is 0 Å². The minimum absolute atomic E-state index is 0.00765. The highest BCUT2D eigenvalue weighted by Crippen LogP contribution is 2.36. The highest BCUT2D eigenvalue weighted by atomic mass is 79.9. The molecule has 18 heavy (non-hydrogen) atoms. The van der Waals surface area contributed by atoms with E-state index in [1.165, 1.54) is 4.90 Å². The van der Waals surface area contributed by atoms with Gasteiger partial charge in [-0.15, -0.1) is 0 Å². The fourth-order valence-electron chi connectivity index (χ4n) is 1.76. The topological polar surface area (TPSA) is 83.7 Å². The molecule has 0 radical (unpaired) electrons. The molecule has 0 unspecified atom stereocenters. The van der Waals surface area contributed by atoms with Gasteiger partial charge in [-0.25, -0.2) is 4.39 Å². The van der Waals surface area contributed by atoms with E-state index in [-0.39, 0.29) is 28.9 Å². The lowest BCUT2D eigenvalue weighted by molar-refractivity contribution is -0.384. The molecule has 1 aromatic rings. The lowest BCUT2D eigenvalue weighted by Gasteiger charge is -2.38. The van der Waals surface area contributed by atoms with Gasteiger partial charge in [-0.05, 0) is 15.9 Å². The van der Waals surface area contributed by atoms with E-state index < -0.39 is 22.6 Å². The SMILES string of the molecule is O=C(O)C1CN(c2cc(F)c(Br)cc2[N+](=O)[O-])C1. The summed E-state index contributed by atoms with van der Waals surface area (Å²) in [5.74, 6) is -2.13. The summed E-state index contributed by atoms with van der Waals surface area (Å²) in [6.07, 6.45) is 0. The van der Waals surface area contributed by atoms with Crippen LogP contribution in [0.5, 0.6) is 0 Å². The average Bonchev–Trinajstić information content (AvgIpc) is 2.19. The number of aliphatic carboxylic acids is 1. The summed E-state index contributed by atoms with van der Waals surface area (Å²) in [5.41, 5.74) is -0.134. The Kier molecular flexibility index (Phi) is 3.20. The number of hydrogen-bond acceptors (Lipinski definition) is 4. The van der Waals surface area contributed by atoms with Crippen molar-refractivity contribution < 1.29 is 19.2 Å². The number of hydrogen-bond donors (Lipinski definition) is 1. The molecule has 1 aliphatic rings. The van der Waals surface area contributed by atoms with E-state index >= 15 is 0 Å². The first-order valence-corrected chi connectivity index (χ1v) is 5.80. The molecule has 1 fully saturated rings. The van der Waals surface area contributed by atoms with Gasteiger partial charge in [0.25, 0.3) is 5.69 Å². The summed E-state index contributed by atoms with van der Waals surface area (Å²) in [7, 11) is 0. The number of carbonyl (C=O) groups is 1. The van der Waals surface area contributed by atoms with Crippen LogP contribution in [-0.4, -0.2) is 29.1 Å². The Bertz CT molecular complexity index is 531. The number of carboxylic acid groups (broad SMARTS) is 1. The largest absolute Gasteiger partial charge is 0.481 e. The van der Waals surface area contributed by atoms with E-state index in [9.17, 15) is 19.3 Å². The molecule has 1 saturated heterocycles. The molecule has 1 heterocycles. The van der Waals surface area contributed by atoms with Crippen LogP contribution in [0.15, 0.2) is 16.6 Å². The number of benzene rings is 1. The fraction of sp³-hybridized carbons (Fsp3) is 0.300. The Morgan fingerprint density at radius 2 is 2.17 bits per heavy atom. The second-order valence-electron chi connectivity index (χ2n) is 3.95. The molecule has 6 nitrogen and oxygen atoms in total. The third-order valence-electron chi connectivity index (χ3n) is 2.79. The molecule has 0 saturated carbocycles. The molecule has 96 valence electrons. The molecule has 0 atom stereocenters. The molecule has 0 amide bonds. The zero-order valence-electron chi connectivity index (χ0n) is 8.97. The first-order valence-electron chi connectivity index (χ1n) is 5.01. The van der Waals surface area contributed by atoms with Crippen molar-refractivity contribution in [1.82, 2.24) is 0 Å². The number of carboxylic acids is 1. The van der Waals surface area contributed by atoms with Crippen molar-refractivity contribution in [3.05, 3.63) is 32.5 Å². The standard InChI is InChI=1S/C10H8BrFN2O4/c11-6-1-9(14(17)18)8(2-7(6)12)13-3-5(4-13)10(15)16/h1-2,5H,3-4H2,(H,15,16). The summed E-state index contributed by atoms with van der Waals surface area (Å²) in [5, 5.41) is 19.6. The molecule has 0 spiro atoms. The zero-order valence-corrected chi connectivity index (χ0v) is 10.6. The second kappa shape index (κ2) is 4.52. The average molecular weight is 319 g/mol. The highest BCUT2D eigenvalue weighted by Gasteiger charge is 2.36. The van der Waals surface area contributed by atoms with Crippen LogP contribution in [-0.2, 0) is 4.79 Å². The quantitative estimate of drug-likeness (QED) is 0.681. The van der Waals surface area contributed by atoms with Crippen LogP contribution >= 0.6 is 15.9 Å². The number of nitrogens with zero attached hydrogens (tertiary/aromatic N) is 2. The number of nitro benzene ring substituents is 1. The van der Waals surface area contributed by atoms with Crippen LogP contribution < -0.4 is 4.90 Å². The van der Waals surface area contributed by atoms with Gasteiger partial charge in [0.1, 0.15) is 11.5 Å². The Labute approximate surface area is 109 Å². The second-order valence-corrected chi connectivity index (χ2v) is 4.81. The summed E-state index contributed by atoms with van der Waals surface area (Å²) < 4.78 is 13.4. The molecule has 1 N–H and O–H groups in total. The van der Waals surface area contributed by atoms with Gasteiger partial charge < -0.3 is 10.0 Å². The van der Waals surface area contributed by atoms with E-state index in [1.807, 2.05) is 0 Å². The van der Waals surface area contributed by atoms with Crippen LogP contribution in [0.2, 0.25) is 0 Å². The molecular formula is C10H8BrFN2O4. The van der Waals surface area contributed by atoms with Crippen molar-refractivity contribution in [1.29, 1.82) is 0 Å². The van der Waals surface area contributed by atoms with Crippen LogP contribution in [0.4, 0.5) is 15.8 Å². The molecule has 1 aromatic carbocycles. The van der Waals surface area contributed by atoms with Gasteiger partial charge in [0.15, 0.2) is 0 Å². The first kappa shape index (κ1) is 12.7. The third-order valence-corrected chi connectivity index (χ3v) is 3.39. The van der Waals surface area contributed by atoms with Gasteiger partial charge in [0.2, 0.25) is 0 Å². The molecular weight excluding hydrogens is 311 g/mol. The molecule has 1 aliphatic heterocycles. The maximum atomic E-state index is 13.4. The van der Waals surface area contributed by atoms with Gasteiger partial charge in [0, 0.05) is 25.2 Å². The lowest BCUT2D eigenvalue weighted by atomic mass is 9.99. The smallest absolute Gasteiger partial charge is 0.310 e. The third kappa shape index (κ3) is 2.15. The molecule has 8 heteroatoms. The van der Waals surface area contributed by atoms with E-state index in [0.29, 0.717) is 0 Å². The Hall–Kier alpha value is -1.70. The molecule has 0 aliphatic carbocycles. The normalized spacial score (nSPS) is 15.3. The van der Waals surface area contributed by atoms with Crippen molar-refractivity contribution in [3.63, 3.8) is 0 Å². The van der Waals surface area contributed by atoms with Gasteiger partial charge >= 0.3 is 5.97 Å². The van der Waals surface area contributed by atoms with Crippen molar-refractivity contribution in [2.45, 2.75) is 0 Å². The molecule has 2 rings (SSSR count). The van der Waals surface area contributed by atoms with Gasteiger partial charge in [-0.3, -0.25) is 14.9 Å². The number of anilines is 1. The van der Waals surface area contributed by atoms with Crippen molar-refractivity contribution in [2.24, 2.45) is 5.92 Å².